The van der Waals surface area contributed by atoms with Crippen molar-refractivity contribution >= 4 is 29.5 Å². The summed E-state index contributed by atoms with van der Waals surface area (Å²) in [5.41, 5.74) is 2.27. The first kappa shape index (κ1) is 28.0. The predicted molar refractivity (Wildman–Crippen MR) is 152 cm³/mol. The van der Waals surface area contributed by atoms with Crippen molar-refractivity contribution in [1.29, 1.82) is 0 Å². The molecule has 1 N–H and O–H groups in total. The third kappa shape index (κ3) is 5.79. The minimum absolute atomic E-state index is 0.129. The van der Waals surface area contributed by atoms with Gasteiger partial charge in [-0.15, -0.1) is 0 Å². The largest absolute Gasteiger partial charge is 0.444 e. The highest BCUT2D eigenvalue weighted by Crippen LogP contribution is 2.32. The summed E-state index contributed by atoms with van der Waals surface area (Å²) in [5, 5.41) is 2.37. The van der Waals surface area contributed by atoms with E-state index in [4.69, 9.17) is 4.74 Å². The number of ether oxygens (including phenoxy) is 1. The molecule has 4 fully saturated rings. The van der Waals surface area contributed by atoms with Crippen molar-refractivity contribution in [2.75, 3.05) is 57.3 Å². The smallest absolute Gasteiger partial charge is 0.410 e. The molecule has 0 unspecified atom stereocenters. The number of benzene rings is 1. The molecule has 1 atom stereocenters. The quantitative estimate of drug-likeness (QED) is 0.549. The Bertz CT molecular complexity index is 1210. The number of fused-ring (bicyclic) bond motifs is 1. The molecular weight excluding hydrogens is 524 g/mol. The summed E-state index contributed by atoms with van der Waals surface area (Å²) >= 11 is 0. The molecule has 1 aromatic carbocycles. The molecule has 1 aromatic rings. The average molecular weight is 567 g/mol. The number of carbonyl (C=O) groups excluding carboxylic acids is 4. The maximum atomic E-state index is 13.0. The van der Waals surface area contributed by atoms with E-state index in [2.05, 4.69) is 26.1 Å². The fourth-order valence-corrected chi connectivity index (χ4v) is 6.86. The molecule has 4 saturated heterocycles. The van der Waals surface area contributed by atoms with Crippen LogP contribution in [-0.4, -0.2) is 119 Å². The van der Waals surface area contributed by atoms with E-state index in [1.165, 1.54) is 0 Å². The lowest BCUT2D eigenvalue weighted by Crippen LogP contribution is -2.66. The normalized spacial score (nSPS) is 25.3. The van der Waals surface area contributed by atoms with Gasteiger partial charge in [0.2, 0.25) is 11.8 Å². The number of hydrogen-bond acceptors (Lipinski definition) is 8. The topological polar surface area (TPSA) is 106 Å². The average Bonchev–Trinajstić information content (AvgIpc) is 3.23. The molecule has 0 aliphatic carbocycles. The van der Waals surface area contributed by atoms with E-state index in [1.807, 2.05) is 37.8 Å². The first-order chi connectivity index (χ1) is 19.6. The summed E-state index contributed by atoms with van der Waals surface area (Å²) in [6.45, 7) is 13.7. The molecule has 0 aromatic heterocycles. The van der Waals surface area contributed by atoms with Crippen molar-refractivity contribution in [2.24, 2.45) is 0 Å². The van der Waals surface area contributed by atoms with Crippen molar-refractivity contribution in [2.45, 2.75) is 76.7 Å². The van der Waals surface area contributed by atoms with Gasteiger partial charge in [-0.2, -0.15) is 0 Å². The van der Waals surface area contributed by atoms with Crippen molar-refractivity contribution < 1.29 is 23.9 Å². The Labute approximate surface area is 241 Å². The maximum Gasteiger partial charge on any atom is 0.410 e. The van der Waals surface area contributed by atoms with Gasteiger partial charge in [-0.3, -0.25) is 29.5 Å². The SMILES string of the molecule is CC(C)(C)OC(=O)N1CCC(N2CC(N3CCN(c4ccc5c(c4)CN([C@H]4CCC(=O)NC4=O)C5=O)CC3)C2)CC1. The fourth-order valence-electron chi connectivity index (χ4n) is 6.86. The summed E-state index contributed by atoms with van der Waals surface area (Å²) in [6.07, 6.45) is 2.45. The molecule has 6 rings (SSSR count). The number of rotatable bonds is 4. The number of piperidine rings is 2. The van der Waals surface area contributed by atoms with Crippen LogP contribution in [0.4, 0.5) is 10.5 Å². The lowest BCUT2D eigenvalue weighted by molar-refractivity contribution is -0.136. The minimum atomic E-state index is -0.584. The number of imide groups is 1. The number of amides is 4. The zero-order valence-electron chi connectivity index (χ0n) is 24.4. The van der Waals surface area contributed by atoms with E-state index in [9.17, 15) is 19.2 Å². The highest BCUT2D eigenvalue weighted by Gasteiger charge is 2.41. The molecule has 0 radical (unpaired) electrons. The molecule has 41 heavy (non-hydrogen) atoms. The number of likely N-dealkylation sites (tertiary alicyclic amines) is 2. The van der Waals surface area contributed by atoms with Crippen LogP contribution in [-0.2, 0) is 20.9 Å². The van der Waals surface area contributed by atoms with Crippen LogP contribution in [0.5, 0.6) is 0 Å². The van der Waals surface area contributed by atoms with Gasteiger partial charge in [-0.1, -0.05) is 0 Å². The van der Waals surface area contributed by atoms with Crippen molar-refractivity contribution in [3.8, 4) is 0 Å². The van der Waals surface area contributed by atoms with Crippen LogP contribution >= 0.6 is 0 Å². The van der Waals surface area contributed by atoms with Gasteiger partial charge < -0.3 is 19.4 Å². The van der Waals surface area contributed by atoms with Crippen molar-refractivity contribution in [3.05, 3.63) is 29.3 Å². The van der Waals surface area contributed by atoms with Crippen LogP contribution in [0.15, 0.2) is 18.2 Å². The summed E-state index contributed by atoms with van der Waals surface area (Å²) in [4.78, 5) is 60.3. The Morgan fingerprint density at radius 2 is 1.61 bits per heavy atom. The molecule has 5 aliphatic heterocycles. The zero-order valence-corrected chi connectivity index (χ0v) is 24.4. The fraction of sp³-hybridized carbons (Fsp3) is 0.667. The van der Waals surface area contributed by atoms with Gasteiger partial charge in [0.05, 0.1) is 0 Å². The van der Waals surface area contributed by atoms with Gasteiger partial charge in [-0.25, -0.2) is 4.79 Å². The van der Waals surface area contributed by atoms with Gasteiger partial charge in [0.1, 0.15) is 11.6 Å². The summed E-state index contributed by atoms with van der Waals surface area (Å²) < 4.78 is 5.53. The van der Waals surface area contributed by atoms with E-state index in [0.717, 1.165) is 76.5 Å². The number of nitrogens with one attached hydrogen (secondary N) is 1. The van der Waals surface area contributed by atoms with Crippen molar-refractivity contribution in [1.82, 2.24) is 24.9 Å². The third-order valence-corrected chi connectivity index (χ3v) is 9.23. The number of nitrogens with zero attached hydrogens (tertiary/aromatic N) is 5. The van der Waals surface area contributed by atoms with E-state index >= 15 is 0 Å². The van der Waals surface area contributed by atoms with Crippen LogP contribution < -0.4 is 10.2 Å². The number of anilines is 1. The molecule has 11 heteroatoms. The molecule has 11 nitrogen and oxygen atoms in total. The molecule has 0 bridgehead atoms. The molecule has 0 spiro atoms. The molecule has 5 aliphatic rings. The van der Waals surface area contributed by atoms with E-state index < -0.39 is 11.6 Å². The van der Waals surface area contributed by atoms with Gasteiger partial charge in [-0.05, 0) is 63.8 Å². The van der Waals surface area contributed by atoms with E-state index in [0.29, 0.717) is 30.6 Å². The Morgan fingerprint density at radius 3 is 2.27 bits per heavy atom. The summed E-state index contributed by atoms with van der Waals surface area (Å²) in [6, 6.07) is 6.56. The monoisotopic (exact) mass is 566 g/mol. The van der Waals surface area contributed by atoms with E-state index in [1.54, 1.807) is 4.90 Å². The Balaban J connectivity index is 0.957. The molecule has 4 amide bonds. The minimum Gasteiger partial charge on any atom is -0.444 e. The van der Waals surface area contributed by atoms with Gasteiger partial charge >= 0.3 is 6.09 Å². The first-order valence-electron chi connectivity index (χ1n) is 15.0. The lowest BCUT2D eigenvalue weighted by Gasteiger charge is -2.52. The van der Waals surface area contributed by atoms with Crippen LogP contribution in [0.3, 0.4) is 0 Å². The lowest BCUT2D eigenvalue weighted by atomic mass is 9.96. The molecule has 5 heterocycles. The number of carbonyl (C=O) groups is 4. The standard InChI is InChI=1S/C30H42N6O5/c1-30(2,3)41-29(40)34-10-8-21(9-11-34)35-18-23(19-35)33-14-12-32(13-15-33)22-4-5-24-20(16-22)17-36(28(24)39)25-6-7-26(37)31-27(25)38/h4-5,16,21,23,25H,6-15,17-19H2,1-3H3,(H,31,37,38)/t25-/m0/s1. The van der Waals surface area contributed by atoms with Crippen LogP contribution in [0, 0.1) is 0 Å². The second-order valence-corrected chi connectivity index (χ2v) is 13.1. The summed E-state index contributed by atoms with van der Waals surface area (Å²) in [5.74, 6) is -0.775. The molecule has 0 saturated carbocycles. The second kappa shape index (κ2) is 10.9. The van der Waals surface area contributed by atoms with Crippen LogP contribution in [0.2, 0.25) is 0 Å². The predicted octanol–water partition coefficient (Wildman–Crippen LogP) is 1.65. The third-order valence-electron chi connectivity index (χ3n) is 9.23. The maximum absolute atomic E-state index is 13.0. The van der Waals surface area contributed by atoms with Crippen molar-refractivity contribution in [3.63, 3.8) is 0 Å². The Hall–Kier alpha value is -3.18. The highest BCUT2D eigenvalue weighted by molar-refractivity contribution is 6.05. The van der Waals surface area contributed by atoms with Gasteiger partial charge in [0.15, 0.2) is 0 Å². The van der Waals surface area contributed by atoms with Crippen LogP contribution in [0.25, 0.3) is 0 Å². The van der Waals surface area contributed by atoms with Gasteiger partial charge in [0.25, 0.3) is 5.91 Å². The Kier molecular flexibility index (Phi) is 7.44. The number of piperazine rings is 1. The highest BCUT2D eigenvalue weighted by atomic mass is 16.6. The van der Waals surface area contributed by atoms with Crippen LogP contribution in [0.1, 0.15) is 62.4 Å². The summed E-state index contributed by atoms with van der Waals surface area (Å²) in [7, 11) is 0. The van der Waals surface area contributed by atoms with Gasteiger partial charge in [0, 0.05) is 88.7 Å². The number of hydrogen-bond donors (Lipinski definition) is 1. The molecule has 222 valence electrons. The van der Waals surface area contributed by atoms with E-state index in [-0.39, 0.29) is 30.2 Å². The zero-order chi connectivity index (χ0) is 28.9. The first-order valence-corrected chi connectivity index (χ1v) is 15.0. The second-order valence-electron chi connectivity index (χ2n) is 13.1. The Morgan fingerprint density at radius 1 is 0.902 bits per heavy atom. The molecular formula is C30H42N6O5.